The zero-order chi connectivity index (χ0) is 20.5. The van der Waals surface area contributed by atoms with Crippen molar-refractivity contribution >= 4 is 22.6 Å². The molecule has 0 radical (unpaired) electrons. The number of para-hydroxylation sites is 1. The minimum atomic E-state index is -0.238. The zero-order valence-corrected chi connectivity index (χ0v) is 17.2. The average molecular weight is 391 g/mol. The van der Waals surface area contributed by atoms with E-state index in [1.165, 1.54) is 0 Å². The number of aromatic nitrogens is 3. The molecule has 0 aliphatic carbocycles. The van der Waals surface area contributed by atoms with E-state index in [0.717, 1.165) is 40.5 Å². The van der Waals surface area contributed by atoms with E-state index in [1.54, 1.807) is 19.0 Å². The standard InChI is InChI=1S/C22H25N5O2/c1-14-11-21(24-15(2)23-14)27-9-10-29-20(13-27)19-12-17(22(28)26(3)4)16-7-5-6-8-18(16)25-19/h5-8,11-12,20H,9-10,13H2,1-4H3/t20-/m1/s1. The van der Waals surface area contributed by atoms with Crippen molar-refractivity contribution in [3.8, 4) is 0 Å². The minimum Gasteiger partial charge on any atom is -0.368 e. The second kappa shape index (κ2) is 7.75. The summed E-state index contributed by atoms with van der Waals surface area (Å²) in [5.41, 5.74) is 3.15. The molecule has 1 atom stereocenters. The van der Waals surface area contributed by atoms with E-state index < -0.39 is 0 Å². The molecule has 0 saturated carbocycles. The highest BCUT2D eigenvalue weighted by atomic mass is 16.5. The van der Waals surface area contributed by atoms with Gasteiger partial charge in [0.25, 0.3) is 5.91 Å². The van der Waals surface area contributed by atoms with Crippen LogP contribution in [-0.4, -0.2) is 59.6 Å². The van der Waals surface area contributed by atoms with Crippen LogP contribution >= 0.6 is 0 Å². The number of amides is 1. The van der Waals surface area contributed by atoms with Crippen molar-refractivity contribution in [2.45, 2.75) is 20.0 Å². The number of hydrogen-bond acceptors (Lipinski definition) is 6. The maximum atomic E-state index is 12.8. The van der Waals surface area contributed by atoms with Gasteiger partial charge >= 0.3 is 0 Å². The van der Waals surface area contributed by atoms with Crippen LogP contribution in [0.15, 0.2) is 36.4 Å². The number of aryl methyl sites for hydroxylation is 2. The second-order valence-electron chi connectivity index (χ2n) is 7.53. The first-order valence-electron chi connectivity index (χ1n) is 9.72. The Morgan fingerprint density at radius 1 is 1.14 bits per heavy atom. The van der Waals surface area contributed by atoms with Crippen molar-refractivity contribution in [3.05, 3.63) is 59.2 Å². The molecular weight excluding hydrogens is 366 g/mol. The Kier molecular flexibility index (Phi) is 5.15. The quantitative estimate of drug-likeness (QED) is 0.684. The number of ether oxygens (including phenoxy) is 1. The average Bonchev–Trinajstić information content (AvgIpc) is 2.71. The monoisotopic (exact) mass is 391 g/mol. The fourth-order valence-corrected chi connectivity index (χ4v) is 3.67. The van der Waals surface area contributed by atoms with Crippen molar-refractivity contribution in [1.82, 2.24) is 19.9 Å². The van der Waals surface area contributed by atoms with Gasteiger partial charge in [-0.15, -0.1) is 0 Å². The largest absolute Gasteiger partial charge is 0.368 e. The zero-order valence-electron chi connectivity index (χ0n) is 17.2. The number of nitrogens with zero attached hydrogens (tertiary/aromatic N) is 5. The maximum absolute atomic E-state index is 12.8. The molecule has 3 aromatic rings. The van der Waals surface area contributed by atoms with Crippen LogP contribution in [0.25, 0.3) is 10.9 Å². The van der Waals surface area contributed by atoms with Crippen molar-refractivity contribution in [2.24, 2.45) is 0 Å². The fraction of sp³-hybridized carbons (Fsp3) is 0.364. The molecular formula is C22H25N5O2. The van der Waals surface area contributed by atoms with E-state index in [4.69, 9.17) is 9.72 Å². The molecule has 29 heavy (non-hydrogen) atoms. The predicted molar refractivity (Wildman–Crippen MR) is 112 cm³/mol. The van der Waals surface area contributed by atoms with E-state index in [0.29, 0.717) is 18.7 Å². The molecule has 7 nitrogen and oxygen atoms in total. The van der Waals surface area contributed by atoms with Crippen LogP contribution in [0.4, 0.5) is 5.82 Å². The predicted octanol–water partition coefficient (Wildman–Crippen LogP) is 2.92. The number of carbonyl (C=O) groups excluding carboxylic acids is 1. The van der Waals surface area contributed by atoms with Gasteiger partial charge in [-0.2, -0.15) is 0 Å². The van der Waals surface area contributed by atoms with Crippen LogP contribution in [0.2, 0.25) is 0 Å². The molecule has 1 aliphatic heterocycles. The molecule has 0 spiro atoms. The Morgan fingerprint density at radius 2 is 1.93 bits per heavy atom. The number of hydrogen-bond donors (Lipinski definition) is 0. The summed E-state index contributed by atoms with van der Waals surface area (Å²) in [6, 6.07) is 11.6. The third-order valence-electron chi connectivity index (χ3n) is 5.05. The molecule has 1 fully saturated rings. The molecule has 7 heteroatoms. The van der Waals surface area contributed by atoms with E-state index in [9.17, 15) is 4.79 Å². The molecule has 0 unspecified atom stereocenters. The Hall–Kier alpha value is -3.06. The van der Waals surface area contributed by atoms with E-state index in [-0.39, 0.29) is 12.0 Å². The summed E-state index contributed by atoms with van der Waals surface area (Å²) in [5.74, 6) is 1.61. The Labute approximate surface area is 170 Å². The number of carbonyl (C=O) groups is 1. The Bertz CT molecular complexity index is 1050. The van der Waals surface area contributed by atoms with Crippen LogP contribution in [0.5, 0.6) is 0 Å². The fourth-order valence-electron chi connectivity index (χ4n) is 3.67. The summed E-state index contributed by atoms with van der Waals surface area (Å²) >= 11 is 0. The number of fused-ring (bicyclic) bond motifs is 1. The normalized spacial score (nSPS) is 16.8. The Morgan fingerprint density at radius 3 is 2.69 bits per heavy atom. The number of rotatable bonds is 3. The van der Waals surface area contributed by atoms with Crippen LogP contribution in [0.1, 0.15) is 33.7 Å². The van der Waals surface area contributed by atoms with Crippen molar-refractivity contribution < 1.29 is 9.53 Å². The van der Waals surface area contributed by atoms with Crippen LogP contribution < -0.4 is 4.90 Å². The van der Waals surface area contributed by atoms with Crippen molar-refractivity contribution in [3.63, 3.8) is 0 Å². The topological polar surface area (TPSA) is 71.5 Å². The third-order valence-corrected chi connectivity index (χ3v) is 5.05. The van der Waals surface area contributed by atoms with E-state index >= 15 is 0 Å². The van der Waals surface area contributed by atoms with Gasteiger partial charge in [-0.05, 0) is 26.0 Å². The molecule has 4 rings (SSSR count). The highest BCUT2D eigenvalue weighted by molar-refractivity contribution is 6.06. The summed E-state index contributed by atoms with van der Waals surface area (Å²) in [4.78, 5) is 30.3. The first kappa shape index (κ1) is 19.3. The summed E-state index contributed by atoms with van der Waals surface area (Å²) < 4.78 is 6.05. The van der Waals surface area contributed by atoms with Crippen LogP contribution in [0, 0.1) is 13.8 Å². The highest BCUT2D eigenvalue weighted by Gasteiger charge is 2.26. The van der Waals surface area contributed by atoms with Crippen LogP contribution in [0.3, 0.4) is 0 Å². The number of morpholine rings is 1. The molecule has 1 aliphatic rings. The lowest BCUT2D eigenvalue weighted by Crippen LogP contribution is -2.39. The van der Waals surface area contributed by atoms with Crippen molar-refractivity contribution in [1.29, 1.82) is 0 Å². The lowest BCUT2D eigenvalue weighted by atomic mass is 10.0. The van der Waals surface area contributed by atoms with Gasteiger partial charge in [0.2, 0.25) is 0 Å². The molecule has 3 heterocycles. The smallest absolute Gasteiger partial charge is 0.254 e. The molecule has 1 aromatic carbocycles. The first-order valence-corrected chi connectivity index (χ1v) is 9.72. The lowest BCUT2D eigenvalue weighted by molar-refractivity contribution is 0.0369. The second-order valence-corrected chi connectivity index (χ2v) is 7.53. The van der Waals surface area contributed by atoms with Gasteiger partial charge in [0.15, 0.2) is 0 Å². The SMILES string of the molecule is Cc1cc(N2CCO[C@@H](c3cc(C(=O)N(C)C)c4ccccc4n3)C2)nc(C)n1. The van der Waals surface area contributed by atoms with Gasteiger partial charge in [0, 0.05) is 37.8 Å². The van der Waals surface area contributed by atoms with Gasteiger partial charge in [0.05, 0.1) is 29.9 Å². The molecule has 1 saturated heterocycles. The molecule has 0 bridgehead atoms. The number of benzene rings is 1. The van der Waals surface area contributed by atoms with E-state index in [1.807, 2.05) is 50.2 Å². The van der Waals surface area contributed by atoms with Gasteiger partial charge < -0.3 is 14.5 Å². The van der Waals surface area contributed by atoms with Gasteiger partial charge in [-0.1, -0.05) is 18.2 Å². The van der Waals surface area contributed by atoms with Crippen LogP contribution in [-0.2, 0) is 4.74 Å². The maximum Gasteiger partial charge on any atom is 0.254 e. The third kappa shape index (κ3) is 3.91. The molecule has 150 valence electrons. The number of pyridine rings is 1. The highest BCUT2D eigenvalue weighted by Crippen LogP contribution is 2.28. The minimum absolute atomic E-state index is 0.0421. The lowest BCUT2D eigenvalue weighted by Gasteiger charge is -2.34. The van der Waals surface area contributed by atoms with Crippen molar-refractivity contribution in [2.75, 3.05) is 38.7 Å². The summed E-state index contributed by atoms with van der Waals surface area (Å²) in [5, 5.41) is 0.852. The Balaban J connectivity index is 1.71. The van der Waals surface area contributed by atoms with E-state index in [2.05, 4.69) is 14.9 Å². The number of anilines is 1. The molecule has 0 N–H and O–H groups in total. The first-order chi connectivity index (χ1) is 13.9. The summed E-state index contributed by atoms with van der Waals surface area (Å²) in [7, 11) is 3.52. The molecule has 2 aromatic heterocycles. The van der Waals surface area contributed by atoms with Gasteiger partial charge in [-0.3, -0.25) is 4.79 Å². The van der Waals surface area contributed by atoms with Gasteiger partial charge in [-0.25, -0.2) is 15.0 Å². The summed E-state index contributed by atoms with van der Waals surface area (Å²) in [6.45, 7) is 5.82. The molecule has 1 amide bonds. The summed E-state index contributed by atoms with van der Waals surface area (Å²) in [6.07, 6.45) is -0.238. The van der Waals surface area contributed by atoms with Gasteiger partial charge in [0.1, 0.15) is 17.7 Å².